The summed E-state index contributed by atoms with van der Waals surface area (Å²) in [6, 6.07) is 6.80. The lowest BCUT2D eigenvalue weighted by Gasteiger charge is -2.18. The highest BCUT2D eigenvalue weighted by atomic mass is 32.2. The molecule has 1 fully saturated rings. The Kier molecular flexibility index (Phi) is 6.21. The van der Waals surface area contributed by atoms with Crippen molar-refractivity contribution >= 4 is 23.8 Å². The second kappa shape index (κ2) is 7.99. The number of halogens is 3. The van der Waals surface area contributed by atoms with Gasteiger partial charge in [0.15, 0.2) is 0 Å². The van der Waals surface area contributed by atoms with E-state index in [1.807, 2.05) is 31.2 Å². The molecule has 0 saturated carbocycles. The Labute approximate surface area is 147 Å². The zero-order chi connectivity index (χ0) is 18.6. The molecular weight excluding hydrogens is 357 g/mol. The van der Waals surface area contributed by atoms with Gasteiger partial charge in [0.2, 0.25) is 0 Å². The third-order valence-corrected chi connectivity index (χ3v) is 4.87. The molecule has 2 amide bonds. The molecule has 1 aliphatic heterocycles. The van der Waals surface area contributed by atoms with Crippen LogP contribution < -0.4 is 5.32 Å². The molecule has 0 aliphatic carbocycles. The zero-order valence-electron chi connectivity index (χ0n) is 13.5. The van der Waals surface area contributed by atoms with Gasteiger partial charge in [-0.2, -0.15) is 13.2 Å². The third-order valence-electron chi connectivity index (χ3n) is 4.00. The maximum atomic E-state index is 13.0. The minimum Gasteiger partial charge on any atom is -0.481 e. The molecule has 0 aromatic heterocycles. The highest BCUT2D eigenvalue weighted by molar-refractivity contribution is 7.99. The maximum absolute atomic E-state index is 13.0. The van der Waals surface area contributed by atoms with Crippen LogP contribution in [0, 0.1) is 11.8 Å². The van der Waals surface area contributed by atoms with E-state index in [1.165, 1.54) is 0 Å². The van der Waals surface area contributed by atoms with Crippen molar-refractivity contribution in [1.82, 2.24) is 10.2 Å². The van der Waals surface area contributed by atoms with Crippen LogP contribution in [0.5, 0.6) is 0 Å². The average molecular weight is 376 g/mol. The van der Waals surface area contributed by atoms with Gasteiger partial charge in [0, 0.05) is 24.5 Å². The van der Waals surface area contributed by atoms with E-state index in [-0.39, 0.29) is 6.54 Å². The van der Waals surface area contributed by atoms with Gasteiger partial charge in [-0.25, -0.2) is 4.79 Å². The summed E-state index contributed by atoms with van der Waals surface area (Å²) in [6.07, 6.45) is -4.65. The second-order valence-corrected chi connectivity index (χ2v) is 7.07. The van der Waals surface area contributed by atoms with Gasteiger partial charge in [0.05, 0.1) is 11.8 Å². The number of alkyl halides is 3. The lowest BCUT2D eigenvalue weighted by atomic mass is 9.96. The largest absolute Gasteiger partial charge is 0.481 e. The van der Waals surface area contributed by atoms with Gasteiger partial charge in [0.1, 0.15) is 0 Å². The average Bonchev–Trinajstić information content (AvgIpc) is 2.99. The summed E-state index contributed by atoms with van der Waals surface area (Å²) < 4.78 is 38.9. The molecule has 1 aliphatic rings. The lowest BCUT2D eigenvalue weighted by Crippen LogP contribution is -2.39. The van der Waals surface area contributed by atoms with Crippen LogP contribution in [0.25, 0.3) is 0 Å². The molecule has 2 N–H and O–H groups in total. The number of hydrogen-bond donors (Lipinski definition) is 2. The highest BCUT2D eigenvalue weighted by Crippen LogP contribution is 2.37. The van der Waals surface area contributed by atoms with Gasteiger partial charge in [0.25, 0.3) is 0 Å². The van der Waals surface area contributed by atoms with E-state index in [4.69, 9.17) is 5.11 Å². The fourth-order valence-corrected chi connectivity index (χ4v) is 3.50. The standard InChI is InChI=1S/C16H19F3N2O3S/c1-2-25-11-5-3-4-10(6-11)7-20-15(24)21-8-12(14(22)23)13(9-21)16(17,18)19/h3-6,12-13H,2,7-9H2,1H3,(H,20,24)(H,22,23)/t12-,13-/m1/s1. The molecule has 2 rings (SSSR count). The predicted molar refractivity (Wildman–Crippen MR) is 87.3 cm³/mol. The first-order chi connectivity index (χ1) is 11.7. The van der Waals surface area contributed by atoms with Gasteiger partial charge in [-0.3, -0.25) is 4.79 Å². The number of aliphatic carboxylic acids is 1. The number of rotatable bonds is 5. The minimum absolute atomic E-state index is 0.169. The predicted octanol–water partition coefficient (Wildman–Crippen LogP) is 3.20. The number of carbonyl (C=O) groups excluding carboxylic acids is 1. The summed E-state index contributed by atoms with van der Waals surface area (Å²) in [5.41, 5.74) is 0.827. The number of nitrogens with zero attached hydrogens (tertiary/aromatic N) is 1. The van der Waals surface area contributed by atoms with Crippen LogP contribution >= 0.6 is 11.8 Å². The van der Waals surface area contributed by atoms with Crippen LogP contribution in [0.2, 0.25) is 0 Å². The molecule has 138 valence electrons. The Hall–Kier alpha value is -1.90. The van der Waals surface area contributed by atoms with Crippen LogP contribution in [-0.4, -0.2) is 47.0 Å². The Bertz CT molecular complexity index is 639. The fourth-order valence-electron chi connectivity index (χ4n) is 2.75. The van der Waals surface area contributed by atoms with Crippen molar-refractivity contribution < 1.29 is 27.9 Å². The number of carbonyl (C=O) groups is 2. The van der Waals surface area contributed by atoms with Crippen LogP contribution in [0.4, 0.5) is 18.0 Å². The smallest absolute Gasteiger partial charge is 0.394 e. The summed E-state index contributed by atoms with van der Waals surface area (Å²) in [4.78, 5) is 25.1. The first-order valence-electron chi connectivity index (χ1n) is 7.76. The molecule has 0 radical (unpaired) electrons. The van der Waals surface area contributed by atoms with Crippen molar-refractivity contribution in [2.24, 2.45) is 11.8 Å². The van der Waals surface area contributed by atoms with Crippen LogP contribution in [0.15, 0.2) is 29.2 Å². The molecule has 9 heteroatoms. The Balaban J connectivity index is 1.97. The number of benzene rings is 1. The fraction of sp³-hybridized carbons (Fsp3) is 0.500. The molecule has 1 heterocycles. The summed E-state index contributed by atoms with van der Waals surface area (Å²) in [5, 5.41) is 11.5. The number of nitrogens with one attached hydrogen (secondary N) is 1. The molecule has 0 spiro atoms. The van der Waals surface area contributed by atoms with Crippen molar-refractivity contribution in [1.29, 1.82) is 0 Å². The second-order valence-electron chi connectivity index (χ2n) is 5.74. The molecule has 1 aromatic rings. The van der Waals surface area contributed by atoms with E-state index < -0.39 is 43.1 Å². The molecular formula is C16H19F3N2O3S. The third kappa shape index (κ3) is 5.04. The molecule has 25 heavy (non-hydrogen) atoms. The van der Waals surface area contributed by atoms with Crippen LogP contribution in [0.1, 0.15) is 12.5 Å². The Morgan fingerprint density at radius 3 is 2.64 bits per heavy atom. The van der Waals surface area contributed by atoms with E-state index in [0.717, 1.165) is 21.1 Å². The SMILES string of the molecule is CCSc1cccc(CNC(=O)N2C[C@@H](C(F)(F)F)[C@H](C(=O)O)C2)c1. The van der Waals surface area contributed by atoms with Crippen LogP contribution in [-0.2, 0) is 11.3 Å². The first kappa shape index (κ1) is 19.4. The zero-order valence-corrected chi connectivity index (χ0v) is 14.4. The molecule has 0 bridgehead atoms. The molecule has 5 nitrogen and oxygen atoms in total. The number of amides is 2. The van der Waals surface area contributed by atoms with E-state index in [1.54, 1.807) is 11.8 Å². The minimum atomic E-state index is -4.65. The summed E-state index contributed by atoms with van der Waals surface area (Å²) in [5.74, 6) is -4.31. The van der Waals surface area contributed by atoms with E-state index in [9.17, 15) is 22.8 Å². The molecule has 2 atom stereocenters. The quantitative estimate of drug-likeness (QED) is 0.775. The van der Waals surface area contributed by atoms with Crippen molar-refractivity contribution in [2.75, 3.05) is 18.8 Å². The van der Waals surface area contributed by atoms with Gasteiger partial charge < -0.3 is 15.3 Å². The maximum Gasteiger partial charge on any atom is 0.394 e. The normalized spacial score (nSPS) is 20.6. The van der Waals surface area contributed by atoms with Crippen LogP contribution in [0.3, 0.4) is 0 Å². The van der Waals surface area contributed by atoms with E-state index in [0.29, 0.717) is 0 Å². The van der Waals surface area contributed by atoms with Crippen molar-refractivity contribution in [3.63, 3.8) is 0 Å². The first-order valence-corrected chi connectivity index (χ1v) is 8.75. The van der Waals surface area contributed by atoms with E-state index in [2.05, 4.69) is 5.32 Å². The number of carboxylic acid groups (broad SMARTS) is 1. The lowest BCUT2D eigenvalue weighted by molar-refractivity contribution is -0.187. The van der Waals surface area contributed by atoms with Gasteiger partial charge in [-0.15, -0.1) is 11.8 Å². The Morgan fingerprint density at radius 1 is 1.36 bits per heavy atom. The monoisotopic (exact) mass is 376 g/mol. The highest BCUT2D eigenvalue weighted by Gasteiger charge is 2.53. The molecule has 1 aromatic carbocycles. The summed E-state index contributed by atoms with van der Waals surface area (Å²) >= 11 is 1.64. The molecule has 0 unspecified atom stereocenters. The Morgan fingerprint density at radius 2 is 2.08 bits per heavy atom. The summed E-state index contributed by atoms with van der Waals surface area (Å²) in [6.45, 7) is 1.10. The topological polar surface area (TPSA) is 69.6 Å². The van der Waals surface area contributed by atoms with Gasteiger partial charge in [-0.05, 0) is 23.4 Å². The number of urea groups is 1. The number of thioether (sulfide) groups is 1. The number of likely N-dealkylation sites (tertiary alicyclic amines) is 1. The van der Waals surface area contributed by atoms with E-state index >= 15 is 0 Å². The number of hydrogen-bond acceptors (Lipinski definition) is 3. The van der Waals surface area contributed by atoms with Gasteiger partial charge in [-0.1, -0.05) is 19.1 Å². The number of carboxylic acids is 1. The van der Waals surface area contributed by atoms with Crippen molar-refractivity contribution in [3.8, 4) is 0 Å². The summed E-state index contributed by atoms with van der Waals surface area (Å²) in [7, 11) is 0. The molecule has 1 saturated heterocycles. The van der Waals surface area contributed by atoms with Crippen molar-refractivity contribution in [3.05, 3.63) is 29.8 Å². The van der Waals surface area contributed by atoms with Crippen molar-refractivity contribution in [2.45, 2.75) is 24.5 Å². The van der Waals surface area contributed by atoms with Gasteiger partial charge >= 0.3 is 18.2 Å².